The van der Waals surface area contributed by atoms with Gasteiger partial charge in [-0.05, 0) is 44.0 Å². The summed E-state index contributed by atoms with van der Waals surface area (Å²) in [5.41, 5.74) is 1.54. The van der Waals surface area contributed by atoms with Gasteiger partial charge in [-0.15, -0.1) is 0 Å². The molecule has 1 unspecified atom stereocenters. The van der Waals surface area contributed by atoms with Crippen molar-refractivity contribution in [2.45, 2.75) is 25.9 Å². The van der Waals surface area contributed by atoms with Crippen LogP contribution in [-0.4, -0.2) is 45.8 Å². The van der Waals surface area contributed by atoms with Crippen LogP contribution in [0.5, 0.6) is 28.7 Å². The van der Waals surface area contributed by atoms with Crippen molar-refractivity contribution in [2.75, 3.05) is 27.9 Å². The maximum atomic E-state index is 13.0. The Kier molecular flexibility index (Phi) is 6.05. The molecule has 0 aromatic heterocycles. The smallest absolute Gasteiger partial charge is 0.340 e. The summed E-state index contributed by atoms with van der Waals surface area (Å²) in [5, 5.41) is 0. The molecule has 0 radical (unpaired) electrons. The Morgan fingerprint density at radius 2 is 1.75 bits per heavy atom. The fourth-order valence-electron chi connectivity index (χ4n) is 3.72. The van der Waals surface area contributed by atoms with Crippen LogP contribution in [0.15, 0.2) is 30.0 Å². The zero-order chi connectivity index (χ0) is 22.8. The van der Waals surface area contributed by atoms with Crippen molar-refractivity contribution in [1.29, 1.82) is 0 Å². The lowest BCUT2D eigenvalue weighted by Gasteiger charge is -2.13. The summed E-state index contributed by atoms with van der Waals surface area (Å²) in [5.74, 6) is 1.57. The van der Waals surface area contributed by atoms with Gasteiger partial charge in [-0.1, -0.05) is 0 Å². The maximum Gasteiger partial charge on any atom is 0.340 e. The largest absolute Gasteiger partial charge is 0.496 e. The van der Waals surface area contributed by atoms with E-state index in [1.54, 1.807) is 37.3 Å². The number of carbonyl (C=O) groups is 2. The lowest BCUT2D eigenvalue weighted by atomic mass is 10.1. The Balaban J connectivity index is 1.64. The molecule has 2 heterocycles. The van der Waals surface area contributed by atoms with E-state index in [4.69, 9.17) is 28.4 Å². The summed E-state index contributed by atoms with van der Waals surface area (Å²) in [6, 6.07) is 6.56. The van der Waals surface area contributed by atoms with Crippen molar-refractivity contribution in [3.05, 3.63) is 46.7 Å². The van der Waals surface area contributed by atoms with E-state index in [1.807, 2.05) is 0 Å². The van der Waals surface area contributed by atoms with Gasteiger partial charge < -0.3 is 28.4 Å². The number of hydrogen-bond acceptors (Lipinski definition) is 8. The second-order valence-electron chi connectivity index (χ2n) is 7.38. The topological polar surface area (TPSA) is 89.5 Å². The number of carbonyl (C=O) groups excluding carboxylic acids is 2. The van der Waals surface area contributed by atoms with E-state index in [0.717, 1.165) is 6.42 Å². The van der Waals surface area contributed by atoms with Crippen molar-refractivity contribution in [3.8, 4) is 28.7 Å². The summed E-state index contributed by atoms with van der Waals surface area (Å²) in [6.07, 6.45) is 2.49. The SMILES string of the molecule is COc1cc(OC)c(OC)cc1/C=C1\Oc2c(ccc(OC(=O)C3CCCO3)c2C)C1=O. The third-order valence-electron chi connectivity index (χ3n) is 5.46. The van der Waals surface area contributed by atoms with Crippen LogP contribution in [0.3, 0.4) is 0 Å². The molecule has 1 fully saturated rings. The van der Waals surface area contributed by atoms with Gasteiger partial charge in [0.2, 0.25) is 5.78 Å². The summed E-state index contributed by atoms with van der Waals surface area (Å²) in [6.45, 7) is 2.29. The number of esters is 1. The van der Waals surface area contributed by atoms with Gasteiger partial charge in [-0.25, -0.2) is 4.79 Å². The molecule has 0 amide bonds. The Labute approximate surface area is 185 Å². The van der Waals surface area contributed by atoms with Crippen molar-refractivity contribution in [2.24, 2.45) is 0 Å². The van der Waals surface area contributed by atoms with Crippen LogP contribution in [0.25, 0.3) is 6.08 Å². The zero-order valence-corrected chi connectivity index (χ0v) is 18.4. The van der Waals surface area contributed by atoms with Gasteiger partial charge in [0.1, 0.15) is 17.2 Å². The van der Waals surface area contributed by atoms with Gasteiger partial charge in [0.25, 0.3) is 0 Å². The highest BCUT2D eigenvalue weighted by molar-refractivity contribution is 6.15. The molecule has 0 bridgehead atoms. The lowest BCUT2D eigenvalue weighted by Crippen LogP contribution is -2.25. The van der Waals surface area contributed by atoms with Gasteiger partial charge in [0.05, 0.1) is 26.9 Å². The molecule has 0 N–H and O–H groups in total. The van der Waals surface area contributed by atoms with Gasteiger partial charge >= 0.3 is 5.97 Å². The molecular formula is C24H24O8. The Hall–Kier alpha value is -3.52. The molecule has 1 saturated heterocycles. The molecule has 8 heteroatoms. The molecule has 2 aliphatic rings. The number of fused-ring (bicyclic) bond motifs is 1. The first-order chi connectivity index (χ1) is 15.5. The normalized spacial score (nSPS) is 18.3. The molecule has 32 heavy (non-hydrogen) atoms. The summed E-state index contributed by atoms with van der Waals surface area (Å²) in [4.78, 5) is 25.3. The van der Waals surface area contributed by atoms with Crippen LogP contribution < -0.4 is 23.7 Å². The molecule has 168 valence electrons. The predicted molar refractivity (Wildman–Crippen MR) is 115 cm³/mol. The third-order valence-corrected chi connectivity index (χ3v) is 5.46. The van der Waals surface area contributed by atoms with E-state index in [1.165, 1.54) is 21.3 Å². The Bertz CT molecular complexity index is 1100. The van der Waals surface area contributed by atoms with E-state index in [0.29, 0.717) is 58.5 Å². The third kappa shape index (κ3) is 3.89. The first-order valence-corrected chi connectivity index (χ1v) is 10.2. The van der Waals surface area contributed by atoms with Crippen molar-refractivity contribution in [1.82, 2.24) is 0 Å². The van der Waals surface area contributed by atoms with Gasteiger partial charge in [-0.2, -0.15) is 0 Å². The lowest BCUT2D eigenvalue weighted by molar-refractivity contribution is -0.144. The Morgan fingerprint density at radius 3 is 2.41 bits per heavy atom. The monoisotopic (exact) mass is 440 g/mol. The number of ether oxygens (including phenoxy) is 6. The maximum absolute atomic E-state index is 13.0. The minimum absolute atomic E-state index is 0.122. The number of benzene rings is 2. The van der Waals surface area contributed by atoms with Crippen molar-refractivity contribution >= 4 is 17.8 Å². The fourth-order valence-corrected chi connectivity index (χ4v) is 3.72. The highest BCUT2D eigenvalue weighted by atomic mass is 16.6. The van der Waals surface area contributed by atoms with Crippen LogP contribution in [0.1, 0.15) is 34.3 Å². The van der Waals surface area contributed by atoms with E-state index >= 15 is 0 Å². The molecule has 2 aromatic carbocycles. The molecule has 0 saturated carbocycles. The van der Waals surface area contributed by atoms with E-state index in [-0.39, 0.29) is 11.5 Å². The summed E-state index contributed by atoms with van der Waals surface area (Å²) < 4.78 is 32.9. The van der Waals surface area contributed by atoms with Crippen molar-refractivity contribution < 1.29 is 38.0 Å². The predicted octanol–water partition coefficient (Wildman–Crippen LogP) is 3.72. The standard InChI is InChI=1S/C24H24O8/c1-13-16(32-24(26)17-6-5-9-30-17)8-7-15-22(25)21(31-23(13)15)11-14-10-19(28-3)20(29-4)12-18(14)27-2/h7-8,10-12,17H,5-6,9H2,1-4H3/b21-11-. The van der Waals surface area contributed by atoms with Crippen LogP contribution in [0, 0.1) is 6.92 Å². The molecule has 0 aliphatic carbocycles. The molecule has 4 rings (SSSR count). The average Bonchev–Trinajstić information content (AvgIpc) is 3.45. The first kappa shape index (κ1) is 21.7. The van der Waals surface area contributed by atoms with Crippen LogP contribution in [0.4, 0.5) is 0 Å². The molecule has 2 aliphatic heterocycles. The molecule has 0 spiro atoms. The van der Waals surface area contributed by atoms with Gasteiger partial charge in [0.15, 0.2) is 23.4 Å². The minimum Gasteiger partial charge on any atom is -0.496 e. The quantitative estimate of drug-likeness (QED) is 0.381. The summed E-state index contributed by atoms with van der Waals surface area (Å²) >= 11 is 0. The Morgan fingerprint density at radius 1 is 1.03 bits per heavy atom. The van der Waals surface area contributed by atoms with Crippen LogP contribution in [0.2, 0.25) is 0 Å². The van der Waals surface area contributed by atoms with Crippen LogP contribution >= 0.6 is 0 Å². The molecule has 1 atom stereocenters. The number of ketones is 1. The van der Waals surface area contributed by atoms with Crippen molar-refractivity contribution in [3.63, 3.8) is 0 Å². The van der Waals surface area contributed by atoms with E-state index in [9.17, 15) is 9.59 Å². The van der Waals surface area contributed by atoms with E-state index < -0.39 is 12.1 Å². The summed E-state index contributed by atoms with van der Waals surface area (Å²) in [7, 11) is 4.58. The van der Waals surface area contributed by atoms with E-state index in [2.05, 4.69) is 0 Å². The molecule has 8 nitrogen and oxygen atoms in total. The highest BCUT2D eigenvalue weighted by Crippen LogP contribution is 2.41. The van der Waals surface area contributed by atoms with Gasteiger partial charge in [-0.3, -0.25) is 4.79 Å². The minimum atomic E-state index is -0.557. The number of methoxy groups -OCH3 is 3. The second-order valence-corrected chi connectivity index (χ2v) is 7.38. The average molecular weight is 440 g/mol. The fraction of sp³-hybridized carbons (Fsp3) is 0.333. The number of hydrogen-bond donors (Lipinski definition) is 0. The second kappa shape index (κ2) is 8.92. The molecule has 2 aromatic rings. The molecular weight excluding hydrogens is 416 g/mol. The number of allylic oxidation sites excluding steroid dienone is 1. The van der Waals surface area contributed by atoms with Gasteiger partial charge in [0, 0.05) is 23.8 Å². The zero-order valence-electron chi connectivity index (χ0n) is 18.4. The number of rotatable bonds is 6. The van der Waals surface area contributed by atoms with Crippen LogP contribution in [-0.2, 0) is 9.53 Å². The first-order valence-electron chi connectivity index (χ1n) is 10.2. The number of Topliss-reactive ketones (excluding diaryl/α,β-unsaturated/α-hetero) is 1. The highest BCUT2D eigenvalue weighted by Gasteiger charge is 2.32.